The van der Waals surface area contributed by atoms with Gasteiger partial charge in [-0.1, -0.05) is 62.2 Å². The van der Waals surface area contributed by atoms with Crippen molar-refractivity contribution in [2.24, 2.45) is 0 Å². The molecular formula is C21H23N2O3S2-. The predicted molar refractivity (Wildman–Crippen MR) is 116 cm³/mol. The molecule has 148 valence electrons. The molecule has 2 heterocycles. The molecule has 3 aromatic rings. The van der Waals surface area contributed by atoms with Crippen molar-refractivity contribution >= 4 is 38.3 Å². The third kappa shape index (κ3) is 5.58. The fraction of sp³-hybridized carbons (Fsp3) is 0.190. The minimum absolute atomic E-state index is 0. The summed E-state index contributed by atoms with van der Waals surface area (Å²) in [5, 5.41) is 3.11. The van der Waals surface area contributed by atoms with Crippen LogP contribution in [-0.2, 0) is 10.1 Å². The Bertz CT molecular complexity index is 1010. The van der Waals surface area contributed by atoms with Gasteiger partial charge in [0.2, 0.25) is 0 Å². The molecule has 1 aromatic heterocycles. The van der Waals surface area contributed by atoms with E-state index in [1.165, 1.54) is 0 Å². The molecule has 1 aliphatic rings. The lowest BCUT2D eigenvalue weighted by Crippen LogP contribution is -2.21. The molecule has 4 rings (SSSR count). The molecule has 7 heteroatoms. The van der Waals surface area contributed by atoms with Crippen LogP contribution in [0.2, 0.25) is 0 Å². The maximum absolute atomic E-state index is 10.7. The second-order valence-corrected chi connectivity index (χ2v) is 8.56. The molecular weight excluding hydrogens is 392 g/mol. The number of fused-ring (bicyclic) bond motifs is 3. The molecule has 0 spiro atoms. The number of hydrogen-bond donors (Lipinski definition) is 0. The molecule has 0 bridgehead atoms. The van der Waals surface area contributed by atoms with E-state index >= 15 is 0 Å². The van der Waals surface area contributed by atoms with Gasteiger partial charge in [-0.15, -0.1) is 0 Å². The minimum Gasteiger partial charge on any atom is -0.748 e. The highest BCUT2D eigenvalue weighted by atomic mass is 32.2. The van der Waals surface area contributed by atoms with Crippen molar-refractivity contribution in [1.82, 2.24) is 4.98 Å². The first-order chi connectivity index (χ1) is 13.0. The van der Waals surface area contributed by atoms with Crippen molar-refractivity contribution in [1.29, 1.82) is 0 Å². The van der Waals surface area contributed by atoms with Gasteiger partial charge in [0.15, 0.2) is 0 Å². The average Bonchev–Trinajstić information content (AvgIpc) is 2.99. The summed E-state index contributed by atoms with van der Waals surface area (Å²) in [7, 11) is -4.17. The monoisotopic (exact) mass is 415 g/mol. The average molecular weight is 416 g/mol. The number of thioether (sulfide) groups is 1. The van der Waals surface area contributed by atoms with Crippen LogP contribution in [0.15, 0.2) is 83.5 Å². The first kappa shape index (κ1) is 21.9. The van der Waals surface area contributed by atoms with Crippen LogP contribution in [0.4, 0.5) is 5.69 Å². The van der Waals surface area contributed by atoms with Crippen molar-refractivity contribution in [2.75, 3.05) is 17.2 Å². The van der Waals surface area contributed by atoms with Gasteiger partial charge in [-0.2, -0.15) is 0 Å². The molecule has 0 atom stereocenters. The summed E-state index contributed by atoms with van der Waals surface area (Å²) in [6.07, 6.45) is 3.80. The molecule has 0 unspecified atom stereocenters. The lowest BCUT2D eigenvalue weighted by Gasteiger charge is -2.21. The van der Waals surface area contributed by atoms with E-state index in [1.54, 1.807) is 24.2 Å². The third-order valence-electron chi connectivity index (χ3n) is 4.00. The van der Waals surface area contributed by atoms with Gasteiger partial charge in [0.1, 0.15) is 0 Å². The quantitative estimate of drug-likeness (QED) is 0.566. The Balaban J connectivity index is 0.000000344. The highest BCUT2D eigenvalue weighted by molar-refractivity contribution is 8.03. The summed E-state index contributed by atoms with van der Waals surface area (Å²) >= 11 is 1.58. The number of hydrogen-bond acceptors (Lipinski definition) is 6. The number of nitrogens with zero attached hydrogens (tertiary/aromatic N) is 2. The number of benzene rings is 2. The van der Waals surface area contributed by atoms with Crippen LogP contribution in [-0.4, -0.2) is 30.3 Å². The van der Waals surface area contributed by atoms with Gasteiger partial charge in [0.25, 0.3) is 0 Å². The summed E-state index contributed by atoms with van der Waals surface area (Å²) in [6.45, 7) is 4.51. The maximum Gasteiger partial charge on any atom is 0.0946 e. The van der Waals surface area contributed by atoms with Crippen LogP contribution in [0.3, 0.4) is 0 Å². The van der Waals surface area contributed by atoms with Crippen molar-refractivity contribution in [3.05, 3.63) is 78.6 Å². The van der Waals surface area contributed by atoms with Crippen molar-refractivity contribution in [3.8, 4) is 0 Å². The fourth-order valence-electron chi connectivity index (χ4n) is 2.85. The molecule has 28 heavy (non-hydrogen) atoms. The topological polar surface area (TPSA) is 73.3 Å². The lowest BCUT2D eigenvalue weighted by molar-refractivity contribution is 0.461. The number of rotatable bonds is 4. The van der Waals surface area contributed by atoms with Crippen LogP contribution < -0.4 is 4.90 Å². The van der Waals surface area contributed by atoms with E-state index in [4.69, 9.17) is 0 Å². The predicted octanol–water partition coefficient (Wildman–Crippen LogP) is 4.88. The van der Waals surface area contributed by atoms with E-state index < -0.39 is 10.1 Å². The Morgan fingerprint density at radius 3 is 2.36 bits per heavy atom. The summed E-state index contributed by atoms with van der Waals surface area (Å²) in [5.74, 6) is -0.346. The Morgan fingerprint density at radius 2 is 1.75 bits per heavy atom. The van der Waals surface area contributed by atoms with E-state index in [0.717, 1.165) is 26.4 Å². The zero-order valence-corrected chi connectivity index (χ0v) is 16.2. The van der Waals surface area contributed by atoms with Crippen LogP contribution in [0.1, 0.15) is 13.8 Å². The zero-order chi connectivity index (χ0) is 19.3. The molecule has 0 fully saturated rings. The number of anilines is 1. The molecule has 0 saturated heterocycles. The third-order valence-corrected chi connectivity index (χ3v) is 5.80. The molecule has 0 aliphatic carbocycles. The van der Waals surface area contributed by atoms with E-state index in [9.17, 15) is 13.0 Å². The van der Waals surface area contributed by atoms with Gasteiger partial charge >= 0.3 is 0 Å². The Hall–Kier alpha value is -2.35. The maximum atomic E-state index is 10.7. The molecule has 5 nitrogen and oxygen atoms in total. The van der Waals surface area contributed by atoms with Crippen molar-refractivity contribution in [2.45, 2.75) is 18.7 Å². The van der Waals surface area contributed by atoms with Crippen LogP contribution in [0.5, 0.6) is 0 Å². The standard InChI is InChI=1S/C15H15NO3S2.C5H5N.CH4/c1-11-16(9-4-10-21(17,18)19)15-13-6-3-2-5-12(13)7-8-14(15)20-11;1-2-4-6-5-3-1;/h2-3,5-8H,1,4,9-10H2,(H,17,18,19);1-5H;1H4/p-1. The Labute approximate surface area is 170 Å². The van der Waals surface area contributed by atoms with Crippen molar-refractivity contribution < 1.29 is 13.0 Å². The largest absolute Gasteiger partial charge is 0.748 e. The van der Waals surface area contributed by atoms with Crippen LogP contribution in [0.25, 0.3) is 10.8 Å². The molecule has 0 N–H and O–H groups in total. The second kappa shape index (κ2) is 9.73. The van der Waals surface area contributed by atoms with E-state index in [1.807, 2.05) is 47.4 Å². The molecule has 0 saturated carbocycles. The lowest BCUT2D eigenvalue weighted by atomic mass is 10.1. The van der Waals surface area contributed by atoms with Crippen LogP contribution >= 0.6 is 11.8 Å². The van der Waals surface area contributed by atoms with Crippen molar-refractivity contribution in [3.63, 3.8) is 0 Å². The SMILES string of the molecule is C.C=C1Sc2ccc3ccccc3c2N1CCCS(=O)(=O)[O-].c1ccncc1. The Morgan fingerprint density at radius 1 is 1.04 bits per heavy atom. The van der Waals surface area contributed by atoms with Crippen LogP contribution in [0, 0.1) is 0 Å². The van der Waals surface area contributed by atoms with Gasteiger partial charge in [-0.05, 0) is 30.0 Å². The highest BCUT2D eigenvalue weighted by Gasteiger charge is 2.25. The van der Waals surface area contributed by atoms with Gasteiger partial charge in [-0.25, -0.2) is 8.42 Å². The molecule has 1 aliphatic heterocycles. The highest BCUT2D eigenvalue weighted by Crippen LogP contribution is 2.48. The van der Waals surface area contributed by atoms with Gasteiger partial charge < -0.3 is 9.45 Å². The number of aromatic nitrogens is 1. The smallest absolute Gasteiger partial charge is 0.0946 e. The van der Waals surface area contributed by atoms with Gasteiger partial charge in [0.05, 0.1) is 20.8 Å². The first-order valence-corrected chi connectivity index (χ1v) is 10.8. The normalized spacial score (nSPS) is 12.8. The Kier molecular flexibility index (Phi) is 7.62. The second-order valence-electron chi connectivity index (χ2n) is 5.92. The van der Waals surface area contributed by atoms with E-state index in [-0.39, 0.29) is 13.2 Å². The fourth-order valence-corrected chi connectivity index (χ4v) is 4.33. The van der Waals surface area contributed by atoms with E-state index in [2.05, 4.69) is 23.7 Å². The zero-order valence-electron chi connectivity index (χ0n) is 14.6. The molecule has 0 radical (unpaired) electrons. The van der Waals surface area contributed by atoms with Gasteiger partial charge in [0, 0.05) is 35.0 Å². The first-order valence-electron chi connectivity index (χ1n) is 8.40. The van der Waals surface area contributed by atoms with E-state index in [0.29, 0.717) is 13.0 Å². The molecule has 0 amide bonds. The summed E-state index contributed by atoms with van der Waals surface area (Å²) in [5.41, 5.74) is 1.06. The summed E-state index contributed by atoms with van der Waals surface area (Å²) in [6, 6.07) is 17.9. The summed E-state index contributed by atoms with van der Waals surface area (Å²) < 4.78 is 32.2. The minimum atomic E-state index is -4.17. The van der Waals surface area contributed by atoms with Gasteiger partial charge in [-0.3, -0.25) is 4.98 Å². The summed E-state index contributed by atoms with van der Waals surface area (Å²) in [4.78, 5) is 6.91. The molecule has 2 aromatic carbocycles. The number of pyridine rings is 1.